The highest BCUT2D eigenvalue weighted by molar-refractivity contribution is 7.09. The van der Waals surface area contributed by atoms with Crippen LogP contribution in [0.15, 0.2) is 23.6 Å². The zero-order valence-electron chi connectivity index (χ0n) is 13.6. The highest BCUT2D eigenvalue weighted by Gasteiger charge is 2.23. The standard InChI is InChI=1S/C17H17N3O4S/c1-10(21)20-7-5-11-8-12(2-3-14(11)20)16(22)18-6-4-15-19-13(9-25-15)17(23)24/h2-3,8-9H,4-7H2,1H3,(H,18,22)(H,23,24). The maximum absolute atomic E-state index is 12.3. The van der Waals surface area contributed by atoms with Gasteiger partial charge in [-0.3, -0.25) is 9.59 Å². The SMILES string of the molecule is CC(=O)N1CCc2cc(C(=O)NCCc3nc(C(=O)O)cs3)ccc21. The van der Waals surface area contributed by atoms with E-state index in [2.05, 4.69) is 10.3 Å². The third kappa shape index (κ3) is 3.69. The largest absolute Gasteiger partial charge is 0.476 e. The number of thiazole rings is 1. The lowest BCUT2D eigenvalue weighted by molar-refractivity contribution is -0.116. The molecule has 2 heterocycles. The van der Waals surface area contributed by atoms with Gasteiger partial charge in [-0.2, -0.15) is 0 Å². The van der Waals surface area contributed by atoms with Crippen LogP contribution in [0, 0.1) is 0 Å². The first-order valence-electron chi connectivity index (χ1n) is 7.82. The average Bonchev–Trinajstić information content (AvgIpc) is 3.20. The number of nitrogens with zero attached hydrogens (tertiary/aromatic N) is 2. The summed E-state index contributed by atoms with van der Waals surface area (Å²) >= 11 is 1.26. The number of hydrogen-bond acceptors (Lipinski definition) is 5. The molecule has 1 aliphatic rings. The summed E-state index contributed by atoms with van der Waals surface area (Å²) in [6.07, 6.45) is 1.22. The Morgan fingerprint density at radius 3 is 2.84 bits per heavy atom. The van der Waals surface area contributed by atoms with E-state index < -0.39 is 5.97 Å². The van der Waals surface area contributed by atoms with E-state index in [1.54, 1.807) is 17.0 Å². The zero-order valence-corrected chi connectivity index (χ0v) is 14.4. The van der Waals surface area contributed by atoms with Gasteiger partial charge in [0.1, 0.15) is 0 Å². The van der Waals surface area contributed by atoms with Crippen LogP contribution in [0.3, 0.4) is 0 Å². The number of carbonyl (C=O) groups is 3. The van der Waals surface area contributed by atoms with E-state index in [0.29, 0.717) is 30.1 Å². The van der Waals surface area contributed by atoms with Gasteiger partial charge in [0.05, 0.1) is 5.01 Å². The summed E-state index contributed by atoms with van der Waals surface area (Å²) in [4.78, 5) is 40.3. The van der Waals surface area contributed by atoms with Crippen molar-refractivity contribution < 1.29 is 19.5 Å². The Bertz CT molecular complexity index is 846. The van der Waals surface area contributed by atoms with Gasteiger partial charge in [-0.05, 0) is 30.2 Å². The molecule has 0 fully saturated rings. The number of fused-ring (bicyclic) bond motifs is 1. The highest BCUT2D eigenvalue weighted by atomic mass is 32.1. The van der Waals surface area contributed by atoms with Crippen molar-refractivity contribution >= 4 is 34.8 Å². The second kappa shape index (κ2) is 7.02. The van der Waals surface area contributed by atoms with Crippen molar-refractivity contribution in [2.75, 3.05) is 18.0 Å². The zero-order chi connectivity index (χ0) is 18.0. The van der Waals surface area contributed by atoms with Gasteiger partial charge in [-0.15, -0.1) is 11.3 Å². The second-order valence-electron chi connectivity index (χ2n) is 5.70. The fourth-order valence-electron chi connectivity index (χ4n) is 2.78. The summed E-state index contributed by atoms with van der Waals surface area (Å²) in [6, 6.07) is 5.33. The van der Waals surface area contributed by atoms with Gasteiger partial charge in [0.2, 0.25) is 5.91 Å². The maximum Gasteiger partial charge on any atom is 0.355 e. The van der Waals surface area contributed by atoms with Crippen molar-refractivity contribution in [1.82, 2.24) is 10.3 Å². The minimum absolute atomic E-state index is 0.000120. The van der Waals surface area contributed by atoms with E-state index in [4.69, 9.17) is 5.11 Å². The molecule has 2 N–H and O–H groups in total. The summed E-state index contributed by atoms with van der Waals surface area (Å²) < 4.78 is 0. The van der Waals surface area contributed by atoms with Crippen molar-refractivity contribution in [3.8, 4) is 0 Å². The molecule has 0 radical (unpaired) electrons. The molecule has 0 spiro atoms. The van der Waals surface area contributed by atoms with Crippen LogP contribution in [0.1, 0.15) is 38.3 Å². The third-order valence-electron chi connectivity index (χ3n) is 4.01. The van der Waals surface area contributed by atoms with Gasteiger partial charge >= 0.3 is 5.97 Å². The van der Waals surface area contributed by atoms with Gasteiger partial charge in [0.15, 0.2) is 5.69 Å². The molecule has 0 bridgehead atoms. The van der Waals surface area contributed by atoms with Crippen molar-refractivity contribution in [3.63, 3.8) is 0 Å². The molecule has 8 heteroatoms. The fourth-order valence-corrected chi connectivity index (χ4v) is 3.55. The van der Waals surface area contributed by atoms with Crippen LogP contribution in [-0.2, 0) is 17.6 Å². The molecule has 0 atom stereocenters. The number of rotatable bonds is 5. The number of aromatic nitrogens is 1. The highest BCUT2D eigenvalue weighted by Crippen LogP contribution is 2.28. The number of aromatic carboxylic acids is 1. The monoisotopic (exact) mass is 359 g/mol. The van der Waals surface area contributed by atoms with Crippen LogP contribution in [0.5, 0.6) is 0 Å². The first kappa shape index (κ1) is 17.1. The minimum atomic E-state index is -1.05. The molecule has 25 heavy (non-hydrogen) atoms. The van der Waals surface area contributed by atoms with Crippen molar-refractivity contribution in [2.45, 2.75) is 19.8 Å². The molecule has 0 aliphatic carbocycles. The Labute approximate surface area is 148 Å². The molecule has 1 aliphatic heterocycles. The lowest BCUT2D eigenvalue weighted by Crippen LogP contribution is -2.26. The minimum Gasteiger partial charge on any atom is -0.476 e. The third-order valence-corrected chi connectivity index (χ3v) is 4.92. The Morgan fingerprint density at radius 1 is 1.36 bits per heavy atom. The molecule has 2 aromatic rings. The number of hydrogen-bond donors (Lipinski definition) is 2. The van der Waals surface area contributed by atoms with Crippen LogP contribution in [0.2, 0.25) is 0 Å². The lowest BCUT2D eigenvalue weighted by atomic mass is 10.1. The fraction of sp³-hybridized carbons (Fsp3) is 0.294. The molecular formula is C17H17N3O4S. The van der Waals surface area contributed by atoms with Crippen molar-refractivity contribution in [2.24, 2.45) is 0 Å². The van der Waals surface area contributed by atoms with Gasteiger partial charge < -0.3 is 15.3 Å². The molecular weight excluding hydrogens is 342 g/mol. The number of amides is 2. The summed E-state index contributed by atoms with van der Waals surface area (Å²) in [6.45, 7) is 2.55. The number of carboxylic acids is 1. The van der Waals surface area contributed by atoms with E-state index in [1.165, 1.54) is 23.6 Å². The number of anilines is 1. The van der Waals surface area contributed by atoms with Crippen LogP contribution in [0.4, 0.5) is 5.69 Å². The molecule has 0 saturated carbocycles. The predicted molar refractivity (Wildman–Crippen MR) is 93.3 cm³/mol. The molecule has 3 rings (SSSR count). The number of carbonyl (C=O) groups excluding carboxylic acids is 2. The Kier molecular flexibility index (Phi) is 4.80. The van der Waals surface area contributed by atoms with E-state index in [-0.39, 0.29) is 17.5 Å². The topological polar surface area (TPSA) is 99.6 Å². The summed E-state index contributed by atoms with van der Waals surface area (Å²) in [7, 11) is 0. The van der Waals surface area contributed by atoms with Crippen molar-refractivity contribution in [3.05, 3.63) is 45.4 Å². The van der Waals surface area contributed by atoms with E-state index >= 15 is 0 Å². The second-order valence-corrected chi connectivity index (χ2v) is 6.64. The summed E-state index contributed by atoms with van der Waals surface area (Å²) in [5, 5.41) is 13.8. The molecule has 0 saturated heterocycles. The molecule has 0 unspecified atom stereocenters. The van der Waals surface area contributed by atoms with Crippen LogP contribution in [0.25, 0.3) is 0 Å². The first-order valence-corrected chi connectivity index (χ1v) is 8.70. The molecule has 1 aromatic heterocycles. The smallest absolute Gasteiger partial charge is 0.355 e. The van der Waals surface area contributed by atoms with Gasteiger partial charge in [-0.25, -0.2) is 9.78 Å². The van der Waals surface area contributed by atoms with E-state index in [0.717, 1.165) is 17.7 Å². The molecule has 1 aromatic carbocycles. The van der Waals surface area contributed by atoms with Crippen LogP contribution >= 0.6 is 11.3 Å². The average molecular weight is 359 g/mol. The maximum atomic E-state index is 12.3. The Hall–Kier alpha value is -2.74. The Morgan fingerprint density at radius 2 is 2.16 bits per heavy atom. The van der Waals surface area contributed by atoms with Crippen LogP contribution in [-0.4, -0.2) is 41.0 Å². The predicted octanol–water partition coefficient (Wildman–Crippen LogP) is 1.72. The Balaban J connectivity index is 1.58. The molecule has 7 nitrogen and oxygen atoms in total. The lowest BCUT2D eigenvalue weighted by Gasteiger charge is -2.14. The summed E-state index contributed by atoms with van der Waals surface area (Å²) in [5.74, 6) is -1.25. The quantitative estimate of drug-likeness (QED) is 0.847. The van der Waals surface area contributed by atoms with E-state index in [9.17, 15) is 14.4 Å². The molecule has 2 amide bonds. The normalized spacial score (nSPS) is 12.8. The molecule has 130 valence electrons. The van der Waals surface area contributed by atoms with Crippen molar-refractivity contribution in [1.29, 1.82) is 0 Å². The number of carboxylic acid groups (broad SMARTS) is 1. The van der Waals surface area contributed by atoms with E-state index in [1.807, 2.05) is 6.07 Å². The number of benzene rings is 1. The first-order chi connectivity index (χ1) is 12.0. The number of nitrogens with one attached hydrogen (secondary N) is 1. The summed E-state index contributed by atoms with van der Waals surface area (Å²) in [5.41, 5.74) is 2.44. The van der Waals surface area contributed by atoms with Gasteiger partial charge in [-0.1, -0.05) is 0 Å². The van der Waals surface area contributed by atoms with Crippen LogP contribution < -0.4 is 10.2 Å². The van der Waals surface area contributed by atoms with Gasteiger partial charge in [0.25, 0.3) is 5.91 Å². The van der Waals surface area contributed by atoms with Gasteiger partial charge in [0, 0.05) is 43.1 Å².